The lowest BCUT2D eigenvalue weighted by atomic mass is 9.72. The summed E-state index contributed by atoms with van der Waals surface area (Å²) >= 11 is 0. The normalized spacial score (nSPS) is 16.5. The summed E-state index contributed by atoms with van der Waals surface area (Å²) in [4.78, 5) is 16.0. The van der Waals surface area contributed by atoms with E-state index in [1.54, 1.807) is 6.08 Å². The van der Waals surface area contributed by atoms with Gasteiger partial charge in [0.05, 0.1) is 16.4 Å². The average Bonchev–Trinajstić information content (AvgIpc) is 4.03. The van der Waals surface area contributed by atoms with Crippen LogP contribution in [0.4, 0.5) is 0 Å². The number of hydrogen-bond donors (Lipinski definition) is 0. The molecule has 68 heavy (non-hydrogen) atoms. The van der Waals surface area contributed by atoms with Gasteiger partial charge in [-0.25, -0.2) is 4.98 Å². The largest absolute Gasteiger partial charge is 0.277 e. The summed E-state index contributed by atoms with van der Waals surface area (Å²) in [7, 11) is 0. The van der Waals surface area contributed by atoms with Gasteiger partial charge in [-0.3, -0.25) is 4.57 Å². The van der Waals surface area contributed by atoms with Gasteiger partial charge < -0.3 is 0 Å². The molecule has 2 aromatic heterocycles. The molecule has 0 fully saturated rings. The van der Waals surface area contributed by atoms with Crippen LogP contribution in [-0.2, 0) is 5.41 Å². The Morgan fingerprint density at radius 3 is 2.22 bits per heavy atom. The van der Waals surface area contributed by atoms with E-state index in [1.807, 2.05) is 37.3 Å². The molecule has 7 aromatic carbocycles. The van der Waals surface area contributed by atoms with Gasteiger partial charge >= 0.3 is 0 Å². The predicted molar refractivity (Wildman–Crippen MR) is 283 cm³/mol. The van der Waals surface area contributed by atoms with Crippen LogP contribution in [0.3, 0.4) is 0 Å². The molecule has 3 aliphatic rings. The van der Waals surface area contributed by atoms with Gasteiger partial charge in [-0.15, -0.1) is 6.42 Å². The Kier molecular flexibility index (Phi) is 10.00. The first-order valence-electron chi connectivity index (χ1n) is 23.4. The van der Waals surface area contributed by atoms with Crippen molar-refractivity contribution in [2.75, 3.05) is 0 Å². The average molecular weight is 871 g/mol. The molecular formula is C64H46N4. The molecule has 322 valence electrons. The first-order valence-corrected chi connectivity index (χ1v) is 23.4. The van der Waals surface area contributed by atoms with Crippen molar-refractivity contribution in [2.45, 2.75) is 32.1 Å². The molecule has 0 aliphatic heterocycles. The molecule has 3 aliphatic carbocycles. The molecule has 1 atom stereocenters. The fourth-order valence-corrected chi connectivity index (χ4v) is 10.9. The van der Waals surface area contributed by atoms with Crippen LogP contribution in [0.15, 0.2) is 224 Å². The van der Waals surface area contributed by atoms with E-state index in [2.05, 4.69) is 193 Å². The summed E-state index contributed by atoms with van der Waals surface area (Å²) in [5.41, 5.74) is 16.5. The minimum absolute atomic E-state index is 0.546. The first-order chi connectivity index (χ1) is 33.6. The minimum Gasteiger partial charge on any atom is -0.277 e. The number of fused-ring (bicyclic) bond motifs is 14. The van der Waals surface area contributed by atoms with Crippen LogP contribution in [0.1, 0.15) is 54.8 Å². The van der Waals surface area contributed by atoms with Crippen LogP contribution < -0.4 is 0 Å². The third-order valence-corrected chi connectivity index (χ3v) is 13.9. The molecule has 1 spiro atoms. The summed E-state index contributed by atoms with van der Waals surface area (Å²) in [6, 6.07) is 54.8. The zero-order chi connectivity index (χ0) is 45.8. The molecule has 4 nitrogen and oxygen atoms in total. The fraction of sp³-hybridized carbons (Fsp3) is 0.0781. The highest BCUT2D eigenvalue weighted by molar-refractivity contribution is 6.27. The molecule has 9 aromatic rings. The molecule has 0 amide bonds. The molecule has 12 rings (SSSR count). The topological polar surface area (TPSA) is 43.6 Å². The van der Waals surface area contributed by atoms with Crippen molar-refractivity contribution in [1.29, 1.82) is 0 Å². The third kappa shape index (κ3) is 6.43. The van der Waals surface area contributed by atoms with E-state index in [4.69, 9.17) is 21.4 Å². The highest BCUT2D eigenvalue weighted by Gasteiger charge is 2.50. The van der Waals surface area contributed by atoms with Crippen LogP contribution in [0, 0.1) is 12.3 Å². The number of nitrogens with zero attached hydrogens (tertiary/aromatic N) is 4. The Labute approximate surface area is 397 Å². The van der Waals surface area contributed by atoms with Gasteiger partial charge in [0.1, 0.15) is 0 Å². The van der Waals surface area contributed by atoms with Crippen LogP contribution >= 0.6 is 0 Å². The van der Waals surface area contributed by atoms with E-state index < -0.39 is 5.41 Å². The van der Waals surface area contributed by atoms with Crippen molar-refractivity contribution >= 4 is 43.7 Å². The van der Waals surface area contributed by atoms with Gasteiger partial charge in [0.2, 0.25) is 5.95 Å². The summed E-state index contributed by atoms with van der Waals surface area (Å²) < 4.78 is 2.33. The fourth-order valence-electron chi connectivity index (χ4n) is 10.9. The highest BCUT2D eigenvalue weighted by Crippen LogP contribution is 2.63. The number of rotatable bonds is 8. The van der Waals surface area contributed by atoms with E-state index in [9.17, 15) is 0 Å². The lowest BCUT2D eigenvalue weighted by molar-refractivity contribution is 0.821. The molecule has 1 unspecified atom stereocenters. The lowest BCUT2D eigenvalue weighted by Gasteiger charge is -2.29. The molecule has 0 saturated heterocycles. The molecule has 0 bridgehead atoms. The second-order valence-corrected chi connectivity index (χ2v) is 17.7. The standard InChI is InChI=1S/C64H46N4/c1-4-6-10-23-42(3)61-65-62(46-28-15-9-16-29-46)67-63(66-61)68-56-35-22-20-33-53(56)58-51-31-18-17-30-50(51)57-52-32-19-21-34-54(52)64(59(57)60(58)68)41-48(37-36-43(5-2)44-24-11-7-12-25-44)49-39-38-47(40-55(49)64)45-26-13-8-14-27-45/h1,5-6,8-11,13-41H,7,12H2,2-3H3/b10-6-,37-36-,42-23+,43-5+. The Hall–Kier alpha value is -8.65. The van der Waals surface area contributed by atoms with E-state index in [1.165, 1.54) is 77.4 Å². The van der Waals surface area contributed by atoms with E-state index in [-0.39, 0.29) is 0 Å². The van der Waals surface area contributed by atoms with Crippen molar-refractivity contribution in [1.82, 2.24) is 19.5 Å². The van der Waals surface area contributed by atoms with Crippen molar-refractivity contribution in [2.24, 2.45) is 0 Å². The van der Waals surface area contributed by atoms with E-state index in [0.717, 1.165) is 40.4 Å². The monoisotopic (exact) mass is 870 g/mol. The van der Waals surface area contributed by atoms with Crippen molar-refractivity contribution in [3.8, 4) is 51.9 Å². The van der Waals surface area contributed by atoms with Gasteiger partial charge in [0, 0.05) is 21.9 Å². The Morgan fingerprint density at radius 1 is 0.706 bits per heavy atom. The number of hydrogen-bond acceptors (Lipinski definition) is 3. The number of para-hydroxylation sites is 1. The van der Waals surface area contributed by atoms with Crippen LogP contribution in [0.25, 0.3) is 83.3 Å². The molecule has 0 N–H and O–H groups in total. The Morgan fingerprint density at radius 2 is 1.44 bits per heavy atom. The Balaban J connectivity index is 1.24. The molecule has 2 heterocycles. The number of aromatic nitrogens is 4. The summed E-state index contributed by atoms with van der Waals surface area (Å²) in [6.45, 7) is 4.16. The SMILES string of the molecule is C#C/C=C\C=C(/C)c1nc(-c2ccccc2)nc(-n2c3ccccc3c3c4ccccc4c4c(c32)C2(C=C(/C=C\C(=C/C)C3=CCCC=C3)c3ccc(-c5ccccc5)cc32)c2ccccc2-4)n1. The van der Waals surface area contributed by atoms with Gasteiger partial charge in [0.15, 0.2) is 11.6 Å². The number of allylic oxidation sites excluding steroid dienone is 14. The maximum Gasteiger partial charge on any atom is 0.238 e. The maximum atomic E-state index is 5.63. The minimum atomic E-state index is -0.714. The van der Waals surface area contributed by atoms with Gasteiger partial charge in [-0.2, -0.15) is 9.97 Å². The lowest BCUT2D eigenvalue weighted by Crippen LogP contribution is -2.24. The second kappa shape index (κ2) is 16.7. The maximum absolute atomic E-state index is 5.63. The van der Waals surface area contributed by atoms with Crippen molar-refractivity contribution in [3.05, 3.63) is 252 Å². The highest BCUT2D eigenvalue weighted by atomic mass is 15.2. The molecule has 0 saturated carbocycles. The quantitative estimate of drug-likeness (QED) is 0.113. The van der Waals surface area contributed by atoms with Gasteiger partial charge in [0.25, 0.3) is 0 Å². The van der Waals surface area contributed by atoms with Crippen molar-refractivity contribution < 1.29 is 0 Å². The third-order valence-electron chi connectivity index (χ3n) is 13.9. The first kappa shape index (κ1) is 40.8. The van der Waals surface area contributed by atoms with Crippen molar-refractivity contribution in [3.63, 3.8) is 0 Å². The summed E-state index contributed by atoms with van der Waals surface area (Å²) in [5, 5.41) is 4.70. The van der Waals surface area contributed by atoms with Gasteiger partial charge in [-0.05, 0) is 117 Å². The zero-order valence-corrected chi connectivity index (χ0v) is 38.0. The zero-order valence-electron chi connectivity index (χ0n) is 38.0. The van der Waals surface area contributed by atoms with Crippen LogP contribution in [0.2, 0.25) is 0 Å². The summed E-state index contributed by atoms with van der Waals surface area (Å²) in [6.07, 6.45) is 29.6. The molecule has 0 radical (unpaired) electrons. The Bertz CT molecular complexity index is 3810. The molecular weight excluding hydrogens is 825 g/mol. The van der Waals surface area contributed by atoms with Crippen LogP contribution in [0.5, 0.6) is 0 Å². The van der Waals surface area contributed by atoms with E-state index in [0.29, 0.717) is 17.6 Å². The summed E-state index contributed by atoms with van der Waals surface area (Å²) in [5.74, 6) is 4.32. The predicted octanol–water partition coefficient (Wildman–Crippen LogP) is 15.5. The van der Waals surface area contributed by atoms with Crippen LogP contribution in [-0.4, -0.2) is 19.5 Å². The number of benzene rings is 7. The molecule has 4 heteroatoms. The second-order valence-electron chi connectivity index (χ2n) is 17.7. The van der Waals surface area contributed by atoms with Gasteiger partial charge in [-0.1, -0.05) is 200 Å². The van der Waals surface area contributed by atoms with E-state index >= 15 is 0 Å². The number of terminal acetylenes is 1. The smallest absolute Gasteiger partial charge is 0.238 e.